The molecule has 116 valence electrons. The molecule has 1 saturated heterocycles. The standard InChI is InChI=1S/C16H31N3O/c1-13-12-18(2)9-4-10-19(13)16(20)8-7-14-5-3-6-15(17)11-14/h13-15H,3-12,17H2,1-2H3. The molecule has 4 heteroatoms. The molecule has 2 fully saturated rings. The lowest BCUT2D eigenvalue weighted by Gasteiger charge is -2.30. The van der Waals surface area contributed by atoms with Gasteiger partial charge in [-0.25, -0.2) is 0 Å². The molecule has 3 atom stereocenters. The average molecular weight is 281 g/mol. The SMILES string of the molecule is CC1CN(C)CCCN1C(=O)CCC1CCCC(N)C1. The van der Waals surface area contributed by atoms with Crippen LogP contribution in [-0.4, -0.2) is 54.5 Å². The highest BCUT2D eigenvalue weighted by Gasteiger charge is 2.25. The second-order valence-electron chi connectivity index (χ2n) is 6.88. The first-order chi connectivity index (χ1) is 9.56. The maximum Gasteiger partial charge on any atom is 0.222 e. The minimum atomic E-state index is 0.351. The van der Waals surface area contributed by atoms with Crippen LogP contribution < -0.4 is 5.73 Å². The number of rotatable bonds is 3. The molecule has 20 heavy (non-hydrogen) atoms. The maximum atomic E-state index is 12.5. The largest absolute Gasteiger partial charge is 0.339 e. The smallest absolute Gasteiger partial charge is 0.222 e. The Labute approximate surface area is 123 Å². The third kappa shape index (κ3) is 4.45. The van der Waals surface area contributed by atoms with Crippen LogP contribution in [0.4, 0.5) is 0 Å². The molecule has 3 unspecified atom stereocenters. The van der Waals surface area contributed by atoms with Crippen LogP contribution in [-0.2, 0) is 4.79 Å². The lowest BCUT2D eigenvalue weighted by molar-refractivity contribution is -0.133. The number of nitrogens with two attached hydrogens (primary N) is 1. The summed E-state index contributed by atoms with van der Waals surface area (Å²) in [4.78, 5) is 16.9. The fourth-order valence-corrected chi connectivity index (χ4v) is 3.81. The van der Waals surface area contributed by atoms with Crippen LogP contribution in [0.25, 0.3) is 0 Å². The lowest BCUT2D eigenvalue weighted by Crippen LogP contribution is -2.42. The molecule has 1 heterocycles. The van der Waals surface area contributed by atoms with Crippen molar-refractivity contribution in [3.63, 3.8) is 0 Å². The van der Waals surface area contributed by atoms with Crippen LogP contribution in [0.1, 0.15) is 51.9 Å². The Morgan fingerprint density at radius 3 is 2.80 bits per heavy atom. The van der Waals surface area contributed by atoms with Gasteiger partial charge in [0.05, 0.1) is 0 Å². The van der Waals surface area contributed by atoms with Crippen LogP contribution in [0.15, 0.2) is 0 Å². The summed E-state index contributed by atoms with van der Waals surface area (Å²) < 4.78 is 0. The second-order valence-corrected chi connectivity index (χ2v) is 6.88. The van der Waals surface area contributed by atoms with E-state index >= 15 is 0 Å². The van der Waals surface area contributed by atoms with Crippen LogP contribution in [0, 0.1) is 5.92 Å². The molecule has 1 saturated carbocycles. The fourth-order valence-electron chi connectivity index (χ4n) is 3.81. The number of hydrogen-bond donors (Lipinski definition) is 1. The van der Waals surface area contributed by atoms with Crippen molar-refractivity contribution < 1.29 is 4.79 Å². The van der Waals surface area contributed by atoms with Crippen LogP contribution in [0.3, 0.4) is 0 Å². The van der Waals surface area contributed by atoms with Gasteiger partial charge in [0.25, 0.3) is 0 Å². The van der Waals surface area contributed by atoms with E-state index in [-0.39, 0.29) is 0 Å². The molecule has 0 aromatic rings. The molecule has 2 N–H and O–H groups in total. The Balaban J connectivity index is 1.78. The monoisotopic (exact) mass is 281 g/mol. The van der Waals surface area contributed by atoms with E-state index in [2.05, 4.69) is 23.8 Å². The molecule has 0 aromatic carbocycles. The molecular weight excluding hydrogens is 250 g/mol. The van der Waals surface area contributed by atoms with Crippen molar-refractivity contribution >= 4 is 5.91 Å². The topological polar surface area (TPSA) is 49.6 Å². The number of likely N-dealkylation sites (N-methyl/N-ethyl adjacent to an activating group) is 1. The van der Waals surface area contributed by atoms with Crippen molar-refractivity contribution in [2.75, 3.05) is 26.7 Å². The zero-order valence-corrected chi connectivity index (χ0v) is 13.2. The summed E-state index contributed by atoms with van der Waals surface area (Å²) in [7, 11) is 2.15. The molecule has 1 amide bonds. The minimum absolute atomic E-state index is 0.351. The highest BCUT2D eigenvalue weighted by Crippen LogP contribution is 2.27. The quantitative estimate of drug-likeness (QED) is 0.858. The van der Waals surface area contributed by atoms with Gasteiger partial charge in [-0.2, -0.15) is 0 Å². The zero-order valence-electron chi connectivity index (χ0n) is 13.2. The molecular formula is C16H31N3O. The number of carbonyl (C=O) groups is 1. The highest BCUT2D eigenvalue weighted by molar-refractivity contribution is 5.76. The molecule has 0 aromatic heterocycles. The van der Waals surface area contributed by atoms with E-state index in [1.165, 1.54) is 19.3 Å². The van der Waals surface area contributed by atoms with Crippen molar-refractivity contribution in [3.8, 4) is 0 Å². The third-order valence-corrected chi connectivity index (χ3v) is 4.96. The molecule has 1 aliphatic heterocycles. The molecule has 0 radical (unpaired) electrons. The van der Waals surface area contributed by atoms with Crippen molar-refractivity contribution in [1.82, 2.24) is 9.80 Å². The van der Waals surface area contributed by atoms with Gasteiger partial charge in [0, 0.05) is 31.6 Å². The predicted octanol–water partition coefficient (Wildman–Crippen LogP) is 1.84. The zero-order chi connectivity index (χ0) is 14.5. The van der Waals surface area contributed by atoms with E-state index in [0.717, 1.165) is 38.9 Å². The van der Waals surface area contributed by atoms with E-state index < -0.39 is 0 Å². The summed E-state index contributed by atoms with van der Waals surface area (Å²) in [6.07, 6.45) is 7.63. The summed E-state index contributed by atoms with van der Waals surface area (Å²) in [6.45, 7) is 5.20. The lowest BCUT2D eigenvalue weighted by atomic mass is 9.83. The Hall–Kier alpha value is -0.610. The molecule has 0 bridgehead atoms. The van der Waals surface area contributed by atoms with E-state index in [1.54, 1.807) is 0 Å². The number of hydrogen-bond acceptors (Lipinski definition) is 3. The maximum absolute atomic E-state index is 12.5. The number of nitrogens with zero attached hydrogens (tertiary/aromatic N) is 2. The molecule has 4 nitrogen and oxygen atoms in total. The number of amides is 1. The van der Waals surface area contributed by atoms with Crippen molar-refractivity contribution in [2.45, 2.75) is 64.0 Å². The summed E-state index contributed by atoms with van der Waals surface area (Å²) >= 11 is 0. The first kappa shape index (κ1) is 15.8. The summed E-state index contributed by atoms with van der Waals surface area (Å²) in [5, 5.41) is 0. The Morgan fingerprint density at radius 1 is 1.25 bits per heavy atom. The molecule has 2 rings (SSSR count). The summed E-state index contributed by atoms with van der Waals surface area (Å²) in [5.74, 6) is 1.03. The minimum Gasteiger partial charge on any atom is -0.339 e. The summed E-state index contributed by atoms with van der Waals surface area (Å²) in [5.41, 5.74) is 6.03. The Kier molecular flexibility index (Phi) is 5.85. The third-order valence-electron chi connectivity index (χ3n) is 4.96. The van der Waals surface area contributed by atoms with Crippen LogP contribution >= 0.6 is 0 Å². The van der Waals surface area contributed by atoms with Gasteiger partial charge in [0.1, 0.15) is 0 Å². The highest BCUT2D eigenvalue weighted by atomic mass is 16.2. The van der Waals surface area contributed by atoms with Crippen molar-refractivity contribution in [3.05, 3.63) is 0 Å². The van der Waals surface area contributed by atoms with Crippen LogP contribution in [0.2, 0.25) is 0 Å². The van der Waals surface area contributed by atoms with Gasteiger partial charge in [-0.05, 0) is 52.1 Å². The molecule has 2 aliphatic rings. The molecule has 1 aliphatic carbocycles. The molecule has 0 spiro atoms. The van der Waals surface area contributed by atoms with Gasteiger partial charge in [-0.15, -0.1) is 0 Å². The van der Waals surface area contributed by atoms with Crippen molar-refractivity contribution in [2.24, 2.45) is 11.7 Å². The Bertz CT molecular complexity index is 321. The van der Waals surface area contributed by atoms with Gasteiger partial charge in [0.15, 0.2) is 0 Å². The van der Waals surface area contributed by atoms with E-state index in [4.69, 9.17) is 5.73 Å². The predicted molar refractivity (Wildman–Crippen MR) is 82.5 cm³/mol. The van der Waals surface area contributed by atoms with E-state index in [1.807, 2.05) is 0 Å². The summed E-state index contributed by atoms with van der Waals surface area (Å²) in [6, 6.07) is 0.721. The Morgan fingerprint density at radius 2 is 2.05 bits per heavy atom. The van der Waals surface area contributed by atoms with E-state index in [0.29, 0.717) is 30.3 Å². The van der Waals surface area contributed by atoms with Gasteiger partial charge in [-0.1, -0.05) is 12.8 Å². The average Bonchev–Trinajstić information content (AvgIpc) is 2.57. The van der Waals surface area contributed by atoms with Crippen molar-refractivity contribution in [1.29, 1.82) is 0 Å². The first-order valence-electron chi connectivity index (χ1n) is 8.30. The fraction of sp³-hybridized carbons (Fsp3) is 0.938. The second kappa shape index (κ2) is 7.41. The van der Waals surface area contributed by atoms with Gasteiger partial charge in [0.2, 0.25) is 5.91 Å². The van der Waals surface area contributed by atoms with Gasteiger partial charge < -0.3 is 15.5 Å². The van der Waals surface area contributed by atoms with Gasteiger partial charge in [-0.3, -0.25) is 4.79 Å². The van der Waals surface area contributed by atoms with Gasteiger partial charge >= 0.3 is 0 Å². The van der Waals surface area contributed by atoms with Crippen LogP contribution in [0.5, 0.6) is 0 Å². The normalized spacial score (nSPS) is 33.0. The van der Waals surface area contributed by atoms with E-state index in [9.17, 15) is 4.79 Å². The first-order valence-corrected chi connectivity index (χ1v) is 8.30. The number of carbonyl (C=O) groups excluding carboxylic acids is 1.